The standard InChI is InChI=1S/C19H33N5OS/c1-4-15(24-13-7-8-18(24)25)9-11-21-19(20-6-3)22-12-10-17-23-14-16(5-2)26-17/h14-15H,4-13H2,1-3H3,(H2,20,21,22). The lowest BCUT2D eigenvalue weighted by atomic mass is 10.1. The Kier molecular flexibility index (Phi) is 8.88. The highest BCUT2D eigenvalue weighted by atomic mass is 32.1. The SMILES string of the molecule is CCNC(=NCCC(CC)N1CCCC1=O)NCCc1ncc(CC)s1. The van der Waals surface area contributed by atoms with Crippen LogP contribution in [0, 0.1) is 0 Å². The molecule has 0 spiro atoms. The number of rotatable bonds is 10. The van der Waals surface area contributed by atoms with Crippen molar-refractivity contribution in [3.63, 3.8) is 0 Å². The highest BCUT2D eigenvalue weighted by Crippen LogP contribution is 2.18. The Balaban J connectivity index is 1.78. The minimum Gasteiger partial charge on any atom is -0.357 e. The van der Waals surface area contributed by atoms with Crippen molar-refractivity contribution in [2.24, 2.45) is 4.99 Å². The Hall–Kier alpha value is -1.63. The minimum absolute atomic E-state index is 0.306. The summed E-state index contributed by atoms with van der Waals surface area (Å²) in [6, 6.07) is 0.319. The molecule has 1 aliphatic heterocycles. The average Bonchev–Trinajstić information content (AvgIpc) is 3.27. The number of likely N-dealkylation sites (tertiary alicyclic amines) is 1. The zero-order valence-electron chi connectivity index (χ0n) is 16.4. The van der Waals surface area contributed by atoms with Gasteiger partial charge in [0.2, 0.25) is 5.91 Å². The molecule has 2 rings (SSSR count). The first-order valence-corrected chi connectivity index (χ1v) is 10.7. The van der Waals surface area contributed by atoms with E-state index in [1.165, 1.54) is 9.88 Å². The van der Waals surface area contributed by atoms with Crippen molar-refractivity contribution < 1.29 is 4.79 Å². The topological polar surface area (TPSA) is 69.6 Å². The molecular weight excluding hydrogens is 346 g/mol. The number of amides is 1. The number of hydrogen-bond acceptors (Lipinski definition) is 4. The van der Waals surface area contributed by atoms with Crippen LogP contribution in [0.25, 0.3) is 0 Å². The number of aryl methyl sites for hydroxylation is 1. The van der Waals surface area contributed by atoms with Crippen LogP contribution in [0.15, 0.2) is 11.2 Å². The van der Waals surface area contributed by atoms with Gasteiger partial charge in [0.25, 0.3) is 0 Å². The second kappa shape index (κ2) is 11.2. The van der Waals surface area contributed by atoms with Gasteiger partial charge in [-0.2, -0.15) is 0 Å². The first kappa shape index (κ1) is 20.7. The average molecular weight is 380 g/mol. The lowest BCUT2D eigenvalue weighted by Crippen LogP contribution is -2.39. The van der Waals surface area contributed by atoms with Gasteiger partial charge in [0.05, 0.1) is 5.01 Å². The highest BCUT2D eigenvalue weighted by molar-refractivity contribution is 7.11. The number of guanidine groups is 1. The van der Waals surface area contributed by atoms with E-state index in [-0.39, 0.29) is 0 Å². The van der Waals surface area contributed by atoms with Crippen molar-refractivity contribution in [1.82, 2.24) is 20.5 Å². The van der Waals surface area contributed by atoms with Crippen LogP contribution in [0.3, 0.4) is 0 Å². The van der Waals surface area contributed by atoms with Crippen LogP contribution < -0.4 is 10.6 Å². The molecule has 0 aromatic carbocycles. The van der Waals surface area contributed by atoms with Gasteiger partial charge in [-0.05, 0) is 32.6 Å². The monoisotopic (exact) mass is 379 g/mol. The molecule has 1 saturated heterocycles. The van der Waals surface area contributed by atoms with Gasteiger partial charge in [-0.25, -0.2) is 4.98 Å². The molecule has 0 bridgehead atoms. The van der Waals surface area contributed by atoms with Crippen molar-refractivity contribution in [1.29, 1.82) is 0 Å². The van der Waals surface area contributed by atoms with E-state index < -0.39 is 0 Å². The second-order valence-corrected chi connectivity index (χ2v) is 7.75. The Bertz CT molecular complexity index is 586. The van der Waals surface area contributed by atoms with Crippen molar-refractivity contribution in [2.45, 2.75) is 65.3 Å². The number of nitrogens with zero attached hydrogens (tertiary/aromatic N) is 3. The maximum absolute atomic E-state index is 11.9. The van der Waals surface area contributed by atoms with Crippen molar-refractivity contribution in [3.8, 4) is 0 Å². The zero-order valence-corrected chi connectivity index (χ0v) is 17.2. The van der Waals surface area contributed by atoms with E-state index >= 15 is 0 Å². The van der Waals surface area contributed by atoms with Crippen LogP contribution in [0.2, 0.25) is 0 Å². The molecule has 1 unspecified atom stereocenters. The Morgan fingerprint density at radius 3 is 2.85 bits per heavy atom. The van der Waals surface area contributed by atoms with Crippen molar-refractivity contribution >= 4 is 23.2 Å². The lowest BCUT2D eigenvalue weighted by Gasteiger charge is -2.26. The van der Waals surface area contributed by atoms with E-state index in [0.29, 0.717) is 18.4 Å². The van der Waals surface area contributed by atoms with Gasteiger partial charge in [-0.15, -0.1) is 11.3 Å². The molecule has 1 aromatic heterocycles. The van der Waals surface area contributed by atoms with Crippen LogP contribution in [0.1, 0.15) is 56.3 Å². The Morgan fingerprint density at radius 1 is 1.38 bits per heavy atom. The smallest absolute Gasteiger partial charge is 0.222 e. The zero-order chi connectivity index (χ0) is 18.8. The molecule has 0 radical (unpaired) electrons. The number of aromatic nitrogens is 1. The predicted molar refractivity (Wildman–Crippen MR) is 109 cm³/mol. The molecule has 1 amide bonds. The van der Waals surface area contributed by atoms with Crippen LogP contribution in [-0.4, -0.2) is 54.0 Å². The van der Waals surface area contributed by atoms with E-state index in [2.05, 4.69) is 41.4 Å². The van der Waals surface area contributed by atoms with E-state index in [0.717, 1.165) is 64.2 Å². The molecule has 26 heavy (non-hydrogen) atoms. The highest BCUT2D eigenvalue weighted by Gasteiger charge is 2.26. The largest absolute Gasteiger partial charge is 0.357 e. The summed E-state index contributed by atoms with van der Waals surface area (Å²) >= 11 is 1.79. The number of hydrogen-bond donors (Lipinski definition) is 2. The fraction of sp³-hybridized carbons (Fsp3) is 0.737. The van der Waals surface area contributed by atoms with E-state index in [9.17, 15) is 4.79 Å². The molecule has 0 aliphatic carbocycles. The maximum atomic E-state index is 11.9. The summed E-state index contributed by atoms with van der Waals surface area (Å²) in [6.07, 6.45) is 7.56. The third-order valence-corrected chi connectivity index (χ3v) is 5.88. The molecule has 2 heterocycles. The molecule has 1 fully saturated rings. The lowest BCUT2D eigenvalue weighted by molar-refractivity contribution is -0.129. The summed E-state index contributed by atoms with van der Waals surface area (Å²) in [5.74, 6) is 1.16. The number of nitrogens with one attached hydrogen (secondary N) is 2. The Morgan fingerprint density at radius 2 is 2.23 bits per heavy atom. The Labute approximate surface area is 161 Å². The first-order valence-electron chi connectivity index (χ1n) is 9.93. The summed E-state index contributed by atoms with van der Waals surface area (Å²) in [6.45, 7) is 9.69. The summed E-state index contributed by atoms with van der Waals surface area (Å²) in [5, 5.41) is 7.86. The molecule has 0 saturated carbocycles. The van der Waals surface area contributed by atoms with Crippen LogP contribution >= 0.6 is 11.3 Å². The second-order valence-electron chi connectivity index (χ2n) is 6.55. The molecule has 6 nitrogen and oxygen atoms in total. The molecule has 1 atom stereocenters. The van der Waals surface area contributed by atoms with Crippen molar-refractivity contribution in [3.05, 3.63) is 16.1 Å². The van der Waals surface area contributed by atoms with Gasteiger partial charge in [0, 0.05) is 56.1 Å². The molecule has 1 aliphatic rings. The molecular formula is C19H33N5OS. The first-order chi connectivity index (χ1) is 12.7. The van der Waals surface area contributed by atoms with Gasteiger partial charge < -0.3 is 15.5 Å². The van der Waals surface area contributed by atoms with Crippen LogP contribution in [-0.2, 0) is 17.6 Å². The summed E-state index contributed by atoms with van der Waals surface area (Å²) in [4.78, 5) is 24.5. The van der Waals surface area contributed by atoms with E-state index in [1.54, 1.807) is 11.3 Å². The normalized spacial score (nSPS) is 16.2. The maximum Gasteiger partial charge on any atom is 0.222 e. The number of aliphatic imine (C=N–C) groups is 1. The number of carbonyl (C=O) groups excluding carboxylic acids is 1. The van der Waals surface area contributed by atoms with Gasteiger partial charge in [-0.1, -0.05) is 13.8 Å². The summed E-state index contributed by atoms with van der Waals surface area (Å²) < 4.78 is 0. The van der Waals surface area contributed by atoms with Gasteiger partial charge in [0.15, 0.2) is 5.96 Å². The van der Waals surface area contributed by atoms with Crippen LogP contribution in [0.5, 0.6) is 0 Å². The van der Waals surface area contributed by atoms with Gasteiger partial charge >= 0.3 is 0 Å². The quantitative estimate of drug-likeness (QED) is 0.484. The van der Waals surface area contributed by atoms with E-state index in [1.807, 2.05) is 11.1 Å². The van der Waals surface area contributed by atoms with Gasteiger partial charge in [0.1, 0.15) is 0 Å². The summed E-state index contributed by atoms with van der Waals surface area (Å²) in [7, 11) is 0. The molecule has 1 aromatic rings. The molecule has 146 valence electrons. The van der Waals surface area contributed by atoms with Crippen molar-refractivity contribution in [2.75, 3.05) is 26.2 Å². The molecule has 2 N–H and O–H groups in total. The fourth-order valence-electron chi connectivity index (χ4n) is 3.22. The fourth-order valence-corrected chi connectivity index (χ4v) is 4.08. The van der Waals surface area contributed by atoms with Gasteiger partial charge in [-0.3, -0.25) is 9.79 Å². The third-order valence-electron chi connectivity index (χ3n) is 4.68. The number of thiazole rings is 1. The minimum atomic E-state index is 0.306. The van der Waals surface area contributed by atoms with E-state index in [4.69, 9.17) is 0 Å². The predicted octanol–water partition coefficient (Wildman–Crippen LogP) is 2.59. The van der Waals surface area contributed by atoms with Crippen LogP contribution in [0.4, 0.5) is 0 Å². The third kappa shape index (κ3) is 6.27. The molecule has 7 heteroatoms. The number of carbonyl (C=O) groups is 1. The summed E-state index contributed by atoms with van der Waals surface area (Å²) in [5.41, 5.74) is 0.